The molecule has 12 nitrogen and oxygen atoms in total. The molecule has 0 spiro atoms. The summed E-state index contributed by atoms with van der Waals surface area (Å²) in [4.78, 5) is 27.5. The standard InChI is InChI=1S/C49H65FN4O8Si/c1-49(2,3)63(4,5)62-40-20-18-38(19-21-40)43-35-54-44(42(53-43)33-36-15-11-10-12-16-36)34-39(47(54)56)31-37-17-22-45(41(50)32-37)61-26-14-9-7-6-8-13-24-51-46(55)23-27-59-29-30-60-28-25-52-48(57)58/h10-12,15-22,32,34-35,39,52H,6-9,13-14,23-31,33H2,1-5H3,(H2,51,55,57,58)/p+1. The van der Waals surface area contributed by atoms with Crippen LogP contribution in [0.15, 0.2) is 79.0 Å². The Labute approximate surface area is 372 Å². The maximum Gasteiger partial charge on any atom is 0.404 e. The molecule has 1 aromatic heterocycles. The van der Waals surface area contributed by atoms with E-state index >= 15 is 4.39 Å². The first kappa shape index (κ1) is 48.7. The van der Waals surface area contributed by atoms with Crippen LogP contribution in [0.2, 0.25) is 18.1 Å². The molecule has 0 saturated carbocycles. The van der Waals surface area contributed by atoms with Crippen LogP contribution in [0.5, 0.6) is 11.5 Å². The molecule has 63 heavy (non-hydrogen) atoms. The van der Waals surface area contributed by atoms with E-state index in [0.29, 0.717) is 45.8 Å². The van der Waals surface area contributed by atoms with Gasteiger partial charge in [-0.25, -0.2) is 14.2 Å². The fourth-order valence-electron chi connectivity index (χ4n) is 6.91. The molecule has 340 valence electrons. The number of benzene rings is 3. The van der Waals surface area contributed by atoms with Gasteiger partial charge < -0.3 is 39.5 Å². The van der Waals surface area contributed by atoms with Crippen LogP contribution in [-0.2, 0) is 27.1 Å². The molecule has 1 aliphatic heterocycles. The van der Waals surface area contributed by atoms with Crippen molar-refractivity contribution in [3.05, 3.63) is 113 Å². The summed E-state index contributed by atoms with van der Waals surface area (Å²) in [5.41, 5.74) is 4.37. The van der Waals surface area contributed by atoms with Crippen molar-refractivity contribution in [2.75, 3.05) is 46.1 Å². The first-order valence-corrected chi connectivity index (χ1v) is 25.1. The Kier molecular flexibility index (Phi) is 18.5. The quantitative estimate of drug-likeness (QED) is 0.0278. The number of fused-ring (bicyclic) bond motifs is 1. The van der Waals surface area contributed by atoms with Gasteiger partial charge in [-0.05, 0) is 84.9 Å². The SMILES string of the molecule is CC(C)(C)[Si](C)(C)Oc1ccc(-c2c[n+]3c(c(Cc4ccccc4)n2)=CC(Cc2ccc(OCCCCCCCCNC(=O)CCOCCOCCNC(=O)O)c(F)c2)C=3O)cc1. The smallest absolute Gasteiger partial charge is 0.404 e. The van der Waals surface area contributed by atoms with E-state index in [2.05, 4.69) is 56.6 Å². The molecule has 1 unspecified atom stereocenters. The Morgan fingerprint density at radius 1 is 0.825 bits per heavy atom. The minimum Gasteiger partial charge on any atom is -0.544 e. The highest BCUT2D eigenvalue weighted by Crippen LogP contribution is 2.37. The van der Waals surface area contributed by atoms with Crippen molar-refractivity contribution < 1.29 is 47.1 Å². The summed E-state index contributed by atoms with van der Waals surface area (Å²) in [5, 5.41) is 26.2. The van der Waals surface area contributed by atoms with Crippen LogP contribution in [0, 0.1) is 17.6 Å². The average molecular weight is 886 g/mol. The number of nitrogens with zero attached hydrogens (tertiary/aromatic N) is 2. The Morgan fingerprint density at radius 3 is 2.22 bits per heavy atom. The van der Waals surface area contributed by atoms with Crippen LogP contribution in [0.25, 0.3) is 17.3 Å². The third kappa shape index (κ3) is 15.5. The molecule has 5 rings (SSSR count). The lowest BCUT2D eigenvalue weighted by Crippen LogP contribution is -2.43. The first-order chi connectivity index (χ1) is 30.2. The Hall–Kier alpha value is -5.31. The van der Waals surface area contributed by atoms with Crippen molar-refractivity contribution in [3.8, 4) is 22.8 Å². The van der Waals surface area contributed by atoms with E-state index in [1.165, 1.54) is 6.07 Å². The third-order valence-corrected chi connectivity index (χ3v) is 15.9. The molecule has 2 amide bonds. The third-order valence-electron chi connectivity index (χ3n) is 11.5. The average Bonchev–Trinajstić information content (AvgIpc) is 3.55. The van der Waals surface area contributed by atoms with Crippen molar-refractivity contribution in [3.63, 3.8) is 0 Å². The van der Waals surface area contributed by atoms with Gasteiger partial charge in [0.15, 0.2) is 11.6 Å². The second-order valence-electron chi connectivity index (χ2n) is 17.5. The Balaban J connectivity index is 1.05. The Morgan fingerprint density at radius 2 is 1.52 bits per heavy atom. The number of carbonyl (C=O) groups excluding carboxylic acids is 1. The van der Waals surface area contributed by atoms with Crippen LogP contribution in [0.4, 0.5) is 9.18 Å². The molecule has 1 atom stereocenters. The normalized spacial score (nSPS) is 13.6. The van der Waals surface area contributed by atoms with Crippen LogP contribution < -0.4 is 29.4 Å². The zero-order valence-electron chi connectivity index (χ0n) is 37.6. The van der Waals surface area contributed by atoms with E-state index in [0.717, 1.165) is 77.7 Å². The van der Waals surface area contributed by atoms with Gasteiger partial charge in [0.1, 0.15) is 23.1 Å². The molecule has 2 heterocycles. The highest BCUT2D eigenvalue weighted by molar-refractivity contribution is 6.74. The molecule has 0 aliphatic carbocycles. The topological polar surface area (TPSA) is 154 Å². The van der Waals surface area contributed by atoms with Crippen LogP contribution in [0.1, 0.15) is 82.5 Å². The van der Waals surface area contributed by atoms with Crippen molar-refractivity contribution >= 4 is 26.4 Å². The van der Waals surface area contributed by atoms with E-state index in [1.807, 2.05) is 65.0 Å². The number of unbranched alkanes of at least 4 members (excludes halogenated alkanes) is 5. The van der Waals surface area contributed by atoms with E-state index in [4.69, 9.17) is 28.7 Å². The van der Waals surface area contributed by atoms with Gasteiger partial charge in [0.25, 0.3) is 0 Å². The number of halogens is 1. The van der Waals surface area contributed by atoms with Crippen LogP contribution in [0.3, 0.4) is 0 Å². The van der Waals surface area contributed by atoms with Crippen molar-refractivity contribution in [2.45, 2.75) is 96.7 Å². The van der Waals surface area contributed by atoms with Crippen molar-refractivity contribution in [1.82, 2.24) is 15.6 Å². The van der Waals surface area contributed by atoms with Gasteiger partial charge in [0.05, 0.1) is 33.0 Å². The van der Waals surface area contributed by atoms with Crippen LogP contribution >= 0.6 is 0 Å². The fourth-order valence-corrected chi connectivity index (χ4v) is 7.95. The summed E-state index contributed by atoms with van der Waals surface area (Å²) in [6.45, 7) is 13.7. The monoisotopic (exact) mass is 885 g/mol. The predicted molar refractivity (Wildman–Crippen MR) is 244 cm³/mol. The van der Waals surface area contributed by atoms with Gasteiger partial charge >= 0.3 is 12.0 Å². The number of aliphatic hydroxyl groups is 1. The van der Waals surface area contributed by atoms with Gasteiger partial charge in [-0.1, -0.05) is 82.9 Å². The lowest BCUT2D eigenvalue weighted by molar-refractivity contribution is -0.556. The number of aromatic nitrogens is 2. The van der Waals surface area contributed by atoms with Crippen molar-refractivity contribution in [1.29, 1.82) is 0 Å². The lowest BCUT2D eigenvalue weighted by Gasteiger charge is -2.36. The molecule has 3 aromatic carbocycles. The predicted octanol–water partition coefficient (Wildman–Crippen LogP) is 8.23. The number of carbonyl (C=O) groups is 2. The van der Waals surface area contributed by atoms with Gasteiger partial charge in [-0.2, -0.15) is 0 Å². The zero-order chi connectivity index (χ0) is 45.2. The molecule has 0 radical (unpaired) electrons. The molecular formula is C49H66FN4O8Si+. The summed E-state index contributed by atoms with van der Waals surface area (Å²) in [6.07, 6.45) is 9.86. The fraction of sp³-hybridized carbons (Fsp3) is 0.469. The molecule has 0 bridgehead atoms. The van der Waals surface area contributed by atoms with Gasteiger partial charge in [-0.3, -0.25) is 4.79 Å². The largest absolute Gasteiger partial charge is 0.544 e. The lowest BCUT2D eigenvalue weighted by atomic mass is 9.99. The minimum absolute atomic E-state index is 0.0531. The molecule has 0 saturated heterocycles. The number of ether oxygens (including phenoxy) is 3. The van der Waals surface area contributed by atoms with Crippen LogP contribution in [-0.4, -0.2) is 81.6 Å². The van der Waals surface area contributed by atoms with E-state index < -0.39 is 20.2 Å². The van der Waals surface area contributed by atoms with Gasteiger partial charge in [-0.15, -0.1) is 4.24 Å². The highest BCUT2D eigenvalue weighted by Gasteiger charge is 2.39. The highest BCUT2D eigenvalue weighted by atomic mass is 28.4. The summed E-state index contributed by atoms with van der Waals surface area (Å²) >= 11 is 0. The van der Waals surface area contributed by atoms with Gasteiger partial charge in [0.2, 0.25) is 25.8 Å². The van der Waals surface area contributed by atoms with E-state index in [-0.39, 0.29) is 48.1 Å². The first-order valence-electron chi connectivity index (χ1n) is 22.2. The number of rotatable bonds is 26. The summed E-state index contributed by atoms with van der Waals surface area (Å²) < 4.78 is 40.1. The molecule has 0 fully saturated rings. The maximum atomic E-state index is 15.3. The van der Waals surface area contributed by atoms with E-state index in [9.17, 15) is 14.7 Å². The maximum absolute atomic E-state index is 15.3. The molecule has 4 N–H and O–H groups in total. The molecule has 1 aliphatic rings. The number of carboxylic acid groups (broad SMARTS) is 1. The van der Waals surface area contributed by atoms with Gasteiger partial charge in [0, 0.05) is 37.6 Å². The number of aliphatic hydroxyl groups excluding tert-OH is 1. The Bertz CT molecular complexity index is 2220. The second kappa shape index (κ2) is 23.9. The number of amides is 2. The molecular weight excluding hydrogens is 820 g/mol. The summed E-state index contributed by atoms with van der Waals surface area (Å²) in [7, 11) is -2.00. The zero-order valence-corrected chi connectivity index (χ0v) is 38.6. The number of hydrogen-bond donors (Lipinski definition) is 4. The van der Waals surface area contributed by atoms with Crippen molar-refractivity contribution in [2.24, 2.45) is 5.92 Å². The minimum atomic E-state index is -2.00. The molecule has 4 aromatic rings. The number of nitrogens with one attached hydrogen (secondary N) is 2. The molecule has 14 heteroatoms. The second-order valence-corrected chi connectivity index (χ2v) is 22.2. The van der Waals surface area contributed by atoms with E-state index in [1.54, 1.807) is 6.07 Å². The number of hydrogen-bond acceptors (Lipinski definition) is 8. The summed E-state index contributed by atoms with van der Waals surface area (Å²) in [5.74, 6) is 0.404. The summed E-state index contributed by atoms with van der Waals surface area (Å²) in [6, 6.07) is 23.3.